The minimum atomic E-state index is -0.479. The summed E-state index contributed by atoms with van der Waals surface area (Å²) in [7, 11) is 0. The number of benzene rings is 1. The van der Waals surface area contributed by atoms with Crippen LogP contribution < -0.4 is 0 Å². The number of alkyl halides is 1. The van der Waals surface area contributed by atoms with Crippen LogP contribution in [-0.4, -0.2) is 14.5 Å². The molecule has 0 N–H and O–H groups in total. The van der Waals surface area contributed by atoms with E-state index in [1.165, 1.54) is 12.1 Å². The van der Waals surface area contributed by atoms with Crippen LogP contribution in [0.5, 0.6) is 0 Å². The average Bonchev–Trinajstić information content (AvgIpc) is 3.06. The Morgan fingerprint density at radius 1 is 1.38 bits per heavy atom. The molecule has 3 nitrogen and oxygen atoms in total. The Labute approximate surface area is 135 Å². The van der Waals surface area contributed by atoms with E-state index in [4.69, 9.17) is 23.2 Å². The van der Waals surface area contributed by atoms with Crippen LogP contribution >= 0.6 is 34.5 Å². The molecule has 0 spiro atoms. The first-order chi connectivity index (χ1) is 9.95. The maximum Gasteiger partial charge on any atom is 0.144 e. The van der Waals surface area contributed by atoms with Gasteiger partial charge in [0.1, 0.15) is 16.6 Å². The number of thiazole rings is 1. The van der Waals surface area contributed by atoms with Crippen molar-refractivity contribution < 1.29 is 4.39 Å². The molecule has 21 heavy (non-hydrogen) atoms. The van der Waals surface area contributed by atoms with Crippen molar-refractivity contribution in [3.63, 3.8) is 0 Å². The van der Waals surface area contributed by atoms with Crippen LogP contribution in [0.3, 0.4) is 0 Å². The normalized spacial score (nSPS) is 12.2. The second-order valence-electron chi connectivity index (χ2n) is 5.15. The summed E-state index contributed by atoms with van der Waals surface area (Å²) < 4.78 is 15.8. The highest BCUT2D eigenvalue weighted by Crippen LogP contribution is 2.34. The van der Waals surface area contributed by atoms with Crippen molar-refractivity contribution in [3.05, 3.63) is 45.4 Å². The summed E-state index contributed by atoms with van der Waals surface area (Å²) in [6.45, 7) is 4.02. The fraction of sp³-hybridized carbons (Fsp3) is 0.286. The summed E-state index contributed by atoms with van der Waals surface area (Å²) in [4.78, 5) is 8.84. The molecule has 3 aromatic rings. The predicted molar refractivity (Wildman–Crippen MR) is 84.8 cm³/mol. The van der Waals surface area contributed by atoms with Gasteiger partial charge in [0, 0.05) is 17.6 Å². The second-order valence-corrected chi connectivity index (χ2v) is 6.72. The molecule has 0 bridgehead atoms. The number of hydrogen-bond donors (Lipinski definition) is 0. The molecule has 3 rings (SSSR count). The van der Waals surface area contributed by atoms with E-state index in [1.54, 1.807) is 17.5 Å². The van der Waals surface area contributed by atoms with E-state index in [-0.39, 0.29) is 10.9 Å². The minimum absolute atomic E-state index is 0.0559. The molecule has 0 radical (unpaired) electrons. The summed E-state index contributed by atoms with van der Waals surface area (Å²) in [6, 6.07) is 2.92. The van der Waals surface area contributed by atoms with E-state index in [9.17, 15) is 4.39 Å². The first kappa shape index (κ1) is 14.8. The summed E-state index contributed by atoms with van der Waals surface area (Å²) in [5.74, 6) is 0.415. The molecule has 0 unspecified atom stereocenters. The quantitative estimate of drug-likeness (QED) is 0.639. The fourth-order valence-corrected chi connectivity index (χ4v) is 3.55. The zero-order chi connectivity index (χ0) is 15.2. The summed E-state index contributed by atoms with van der Waals surface area (Å²) in [6.07, 6.45) is 1.75. The Kier molecular flexibility index (Phi) is 3.67. The average molecular weight is 344 g/mol. The molecule has 0 saturated carbocycles. The Hall–Kier alpha value is -1.17. The van der Waals surface area contributed by atoms with Gasteiger partial charge in [0.2, 0.25) is 0 Å². The van der Waals surface area contributed by atoms with Crippen LogP contribution in [0, 0.1) is 5.82 Å². The molecule has 0 aliphatic carbocycles. The second kappa shape index (κ2) is 5.23. The smallest absolute Gasteiger partial charge is 0.144 e. The van der Waals surface area contributed by atoms with Gasteiger partial charge in [0.15, 0.2) is 0 Å². The van der Waals surface area contributed by atoms with Crippen LogP contribution in [0.1, 0.15) is 24.7 Å². The lowest BCUT2D eigenvalue weighted by molar-refractivity contribution is 0.434. The van der Waals surface area contributed by atoms with Crippen molar-refractivity contribution in [2.45, 2.75) is 25.3 Å². The van der Waals surface area contributed by atoms with Gasteiger partial charge in [-0.15, -0.1) is 22.9 Å². The van der Waals surface area contributed by atoms with Gasteiger partial charge in [-0.1, -0.05) is 11.6 Å². The maximum absolute atomic E-state index is 13.9. The molecule has 0 aliphatic heterocycles. The number of hydrogen-bond acceptors (Lipinski definition) is 3. The third kappa shape index (κ3) is 2.33. The van der Waals surface area contributed by atoms with Crippen molar-refractivity contribution in [3.8, 4) is 0 Å². The van der Waals surface area contributed by atoms with Gasteiger partial charge in [-0.25, -0.2) is 14.4 Å². The van der Waals surface area contributed by atoms with Gasteiger partial charge >= 0.3 is 0 Å². The molecule has 0 fully saturated rings. The van der Waals surface area contributed by atoms with Crippen molar-refractivity contribution in [1.82, 2.24) is 14.5 Å². The highest BCUT2D eigenvalue weighted by Gasteiger charge is 2.30. The maximum atomic E-state index is 13.9. The van der Waals surface area contributed by atoms with Crippen LogP contribution in [0.25, 0.3) is 11.0 Å². The molecule has 110 valence electrons. The number of aromatic nitrogens is 3. The van der Waals surface area contributed by atoms with E-state index in [0.29, 0.717) is 16.9 Å². The highest BCUT2D eigenvalue weighted by atomic mass is 35.5. The summed E-state index contributed by atoms with van der Waals surface area (Å²) >= 11 is 13.4. The van der Waals surface area contributed by atoms with Gasteiger partial charge in [0.25, 0.3) is 0 Å². The van der Waals surface area contributed by atoms with Crippen LogP contribution in [0.2, 0.25) is 5.02 Å². The lowest BCUT2D eigenvalue weighted by Crippen LogP contribution is -2.29. The monoisotopic (exact) mass is 343 g/mol. The fourth-order valence-electron chi connectivity index (χ4n) is 2.46. The molecule has 2 heterocycles. The van der Waals surface area contributed by atoms with Gasteiger partial charge < -0.3 is 4.57 Å². The number of rotatable bonds is 3. The van der Waals surface area contributed by atoms with Crippen molar-refractivity contribution in [2.75, 3.05) is 0 Å². The molecule has 0 amide bonds. The van der Waals surface area contributed by atoms with Crippen LogP contribution in [0.4, 0.5) is 4.39 Å². The Balaban J connectivity index is 2.33. The molecular formula is C14H12Cl2FN3S. The third-order valence-electron chi connectivity index (χ3n) is 3.40. The molecule has 7 heteroatoms. The lowest BCUT2D eigenvalue weighted by Gasteiger charge is -2.27. The van der Waals surface area contributed by atoms with Crippen molar-refractivity contribution in [2.24, 2.45) is 0 Å². The number of nitrogens with zero attached hydrogens (tertiary/aromatic N) is 3. The van der Waals surface area contributed by atoms with Gasteiger partial charge in [-0.2, -0.15) is 0 Å². The molecule has 2 aromatic heterocycles. The topological polar surface area (TPSA) is 30.7 Å². The summed E-state index contributed by atoms with van der Waals surface area (Å²) in [5, 5.41) is 2.87. The van der Waals surface area contributed by atoms with Crippen LogP contribution in [0.15, 0.2) is 23.7 Å². The van der Waals surface area contributed by atoms with E-state index in [1.807, 2.05) is 23.8 Å². The minimum Gasteiger partial charge on any atom is -0.315 e. The SMILES string of the molecule is CC(C)(c1nccs1)n1c(CCl)nc2cc(Cl)c(F)cc21. The molecule has 0 saturated heterocycles. The van der Waals surface area contributed by atoms with E-state index in [0.717, 1.165) is 5.01 Å². The zero-order valence-electron chi connectivity index (χ0n) is 11.4. The third-order valence-corrected chi connectivity index (χ3v) is 5.01. The predicted octanol–water partition coefficient (Wildman–Crippen LogP) is 4.81. The van der Waals surface area contributed by atoms with Crippen molar-refractivity contribution >= 4 is 45.6 Å². The molecule has 1 aromatic carbocycles. The van der Waals surface area contributed by atoms with E-state index < -0.39 is 11.4 Å². The Bertz CT molecular complexity index is 796. The Morgan fingerprint density at radius 2 is 2.14 bits per heavy atom. The first-order valence-corrected chi connectivity index (χ1v) is 8.07. The molecule has 0 aliphatic rings. The summed E-state index contributed by atoms with van der Waals surface area (Å²) in [5.41, 5.74) is 0.808. The van der Waals surface area contributed by atoms with Gasteiger partial charge in [0.05, 0.1) is 27.5 Å². The largest absolute Gasteiger partial charge is 0.315 e. The zero-order valence-corrected chi connectivity index (χ0v) is 13.7. The molecule has 0 atom stereocenters. The highest BCUT2D eigenvalue weighted by molar-refractivity contribution is 7.09. The number of halogens is 3. The number of fused-ring (bicyclic) bond motifs is 1. The first-order valence-electron chi connectivity index (χ1n) is 6.28. The van der Waals surface area contributed by atoms with E-state index in [2.05, 4.69) is 9.97 Å². The standard InChI is InChI=1S/C14H12Cl2FN3S/c1-14(2,13-18-3-4-21-13)20-11-6-9(17)8(16)5-10(11)19-12(20)7-15/h3-6H,7H2,1-2H3. The Morgan fingerprint density at radius 3 is 2.76 bits per heavy atom. The van der Waals surface area contributed by atoms with E-state index >= 15 is 0 Å². The lowest BCUT2D eigenvalue weighted by atomic mass is 10.1. The van der Waals surface area contributed by atoms with Crippen molar-refractivity contribution in [1.29, 1.82) is 0 Å². The van der Waals surface area contributed by atoms with Crippen LogP contribution in [-0.2, 0) is 11.4 Å². The number of imidazole rings is 1. The van der Waals surface area contributed by atoms with Gasteiger partial charge in [-0.05, 0) is 19.9 Å². The molecular weight excluding hydrogens is 332 g/mol. The van der Waals surface area contributed by atoms with Gasteiger partial charge in [-0.3, -0.25) is 0 Å².